The second-order valence-electron chi connectivity index (χ2n) is 4.94. The zero-order valence-electron chi connectivity index (χ0n) is 10.7. The first-order chi connectivity index (χ1) is 7.91. The van der Waals surface area contributed by atoms with Crippen molar-refractivity contribution in [2.45, 2.75) is 52.5 Å². The van der Waals surface area contributed by atoms with E-state index in [1.165, 1.54) is 0 Å². The van der Waals surface area contributed by atoms with Gasteiger partial charge in [0.25, 0.3) is 0 Å². The number of allylic oxidation sites excluding steroid dienone is 1. The van der Waals surface area contributed by atoms with Gasteiger partial charge in [0.05, 0.1) is 5.41 Å². The topological polar surface area (TPSA) is 66.4 Å². The van der Waals surface area contributed by atoms with Crippen molar-refractivity contribution in [1.29, 1.82) is 0 Å². The highest BCUT2D eigenvalue weighted by atomic mass is 16.4. The highest BCUT2D eigenvalue weighted by molar-refractivity contribution is 5.93. The molecule has 2 unspecified atom stereocenters. The van der Waals surface area contributed by atoms with Gasteiger partial charge >= 0.3 is 5.97 Å². The number of hydrogen-bond acceptors (Lipinski definition) is 2. The summed E-state index contributed by atoms with van der Waals surface area (Å²) in [5.41, 5.74) is -0.158. The summed E-state index contributed by atoms with van der Waals surface area (Å²) in [5, 5.41) is 12.1. The number of hydrogen-bond donors (Lipinski definition) is 2. The van der Waals surface area contributed by atoms with Crippen molar-refractivity contribution >= 4 is 11.9 Å². The lowest BCUT2D eigenvalue weighted by atomic mass is 9.85. The van der Waals surface area contributed by atoms with Gasteiger partial charge in [-0.1, -0.05) is 19.4 Å². The first kappa shape index (κ1) is 13.7. The van der Waals surface area contributed by atoms with E-state index < -0.39 is 11.4 Å². The third-order valence-corrected chi connectivity index (χ3v) is 3.62. The Kier molecular flexibility index (Phi) is 4.32. The highest BCUT2D eigenvalue weighted by Gasteiger charge is 2.45. The Morgan fingerprint density at radius 3 is 2.71 bits per heavy atom. The number of carbonyl (C=O) groups excluding carboxylic acids is 1. The number of nitrogens with one attached hydrogen (secondary N) is 1. The maximum atomic E-state index is 11.8. The predicted octanol–water partition coefficient (Wildman–Crippen LogP) is 2.10. The van der Waals surface area contributed by atoms with E-state index >= 15 is 0 Å². The summed E-state index contributed by atoms with van der Waals surface area (Å²) >= 11 is 0. The zero-order chi connectivity index (χ0) is 13.1. The smallest absolute Gasteiger partial charge is 0.311 e. The Hall–Kier alpha value is -1.32. The van der Waals surface area contributed by atoms with Crippen molar-refractivity contribution in [3.05, 3.63) is 11.6 Å². The fourth-order valence-electron chi connectivity index (χ4n) is 2.32. The average Bonchev–Trinajstić information content (AvgIpc) is 2.62. The SMILES string of the molecule is CC/C=C(/C)C(=O)NC1CCCC1(C)C(=O)O. The molecule has 0 aromatic heterocycles. The summed E-state index contributed by atoms with van der Waals surface area (Å²) in [5.74, 6) is -0.969. The van der Waals surface area contributed by atoms with E-state index in [9.17, 15) is 14.7 Å². The Balaban J connectivity index is 2.72. The summed E-state index contributed by atoms with van der Waals surface area (Å²) in [4.78, 5) is 23.1. The number of carboxylic acid groups (broad SMARTS) is 1. The Morgan fingerprint density at radius 1 is 1.53 bits per heavy atom. The van der Waals surface area contributed by atoms with Crippen LogP contribution in [0, 0.1) is 5.41 Å². The highest BCUT2D eigenvalue weighted by Crippen LogP contribution is 2.38. The van der Waals surface area contributed by atoms with Crippen LogP contribution in [0.3, 0.4) is 0 Å². The molecule has 1 fully saturated rings. The average molecular weight is 239 g/mol. The zero-order valence-corrected chi connectivity index (χ0v) is 10.7. The number of amides is 1. The van der Waals surface area contributed by atoms with E-state index in [4.69, 9.17) is 0 Å². The maximum absolute atomic E-state index is 11.8. The Morgan fingerprint density at radius 2 is 2.18 bits per heavy atom. The number of rotatable bonds is 4. The summed E-state index contributed by atoms with van der Waals surface area (Å²) < 4.78 is 0. The molecule has 1 aliphatic rings. The summed E-state index contributed by atoms with van der Waals surface area (Å²) in [7, 11) is 0. The first-order valence-electron chi connectivity index (χ1n) is 6.13. The summed E-state index contributed by atoms with van der Waals surface area (Å²) in [6.45, 7) is 5.44. The van der Waals surface area contributed by atoms with Gasteiger partial charge < -0.3 is 10.4 Å². The van der Waals surface area contributed by atoms with Gasteiger partial charge in [0.2, 0.25) is 5.91 Å². The molecule has 0 aliphatic heterocycles. The molecular formula is C13H21NO3. The molecule has 2 atom stereocenters. The molecule has 1 aliphatic carbocycles. The van der Waals surface area contributed by atoms with E-state index in [1.807, 2.05) is 13.0 Å². The van der Waals surface area contributed by atoms with Crippen molar-refractivity contribution in [2.24, 2.45) is 5.41 Å². The van der Waals surface area contributed by atoms with Crippen LogP contribution >= 0.6 is 0 Å². The summed E-state index contributed by atoms with van der Waals surface area (Å²) in [6, 6.07) is -0.257. The number of carbonyl (C=O) groups is 2. The lowest BCUT2D eigenvalue weighted by Crippen LogP contribution is -2.47. The second-order valence-corrected chi connectivity index (χ2v) is 4.94. The first-order valence-corrected chi connectivity index (χ1v) is 6.13. The van der Waals surface area contributed by atoms with Gasteiger partial charge in [-0.15, -0.1) is 0 Å². The molecular weight excluding hydrogens is 218 g/mol. The van der Waals surface area contributed by atoms with E-state index in [2.05, 4.69) is 5.32 Å². The number of aliphatic carboxylic acids is 1. The molecule has 0 aromatic rings. The van der Waals surface area contributed by atoms with Gasteiger partial charge in [-0.05, 0) is 33.1 Å². The van der Waals surface area contributed by atoms with Crippen molar-refractivity contribution in [2.75, 3.05) is 0 Å². The molecule has 2 N–H and O–H groups in total. The third kappa shape index (κ3) is 2.87. The summed E-state index contributed by atoms with van der Waals surface area (Å²) in [6.07, 6.45) is 4.88. The van der Waals surface area contributed by atoms with Crippen molar-refractivity contribution in [3.8, 4) is 0 Å². The van der Waals surface area contributed by atoms with Gasteiger partial charge in [0.1, 0.15) is 0 Å². The molecule has 96 valence electrons. The van der Waals surface area contributed by atoms with Crippen LogP contribution < -0.4 is 5.32 Å². The Bertz CT molecular complexity index is 349. The minimum Gasteiger partial charge on any atom is -0.481 e. The van der Waals surface area contributed by atoms with Crippen LogP contribution in [0.25, 0.3) is 0 Å². The van der Waals surface area contributed by atoms with Gasteiger partial charge in [0, 0.05) is 11.6 Å². The van der Waals surface area contributed by atoms with Crippen LogP contribution in [0.1, 0.15) is 46.5 Å². The normalized spacial score (nSPS) is 29.1. The minimum atomic E-state index is -0.822. The predicted molar refractivity (Wildman–Crippen MR) is 65.6 cm³/mol. The maximum Gasteiger partial charge on any atom is 0.311 e. The van der Waals surface area contributed by atoms with Crippen LogP contribution in [-0.2, 0) is 9.59 Å². The lowest BCUT2D eigenvalue weighted by molar-refractivity contribution is -0.149. The van der Waals surface area contributed by atoms with E-state index in [-0.39, 0.29) is 11.9 Å². The molecule has 1 amide bonds. The second kappa shape index (κ2) is 5.34. The fourth-order valence-corrected chi connectivity index (χ4v) is 2.32. The van der Waals surface area contributed by atoms with Gasteiger partial charge in [0.15, 0.2) is 0 Å². The largest absolute Gasteiger partial charge is 0.481 e. The number of carboxylic acids is 1. The molecule has 0 saturated heterocycles. The quantitative estimate of drug-likeness (QED) is 0.738. The third-order valence-electron chi connectivity index (χ3n) is 3.62. The standard InChI is InChI=1S/C13H21NO3/c1-4-6-9(2)11(15)14-10-7-5-8-13(10,3)12(16)17/h6,10H,4-5,7-8H2,1-3H3,(H,14,15)(H,16,17)/b9-6-. The monoisotopic (exact) mass is 239 g/mol. The fraction of sp³-hybridized carbons (Fsp3) is 0.692. The van der Waals surface area contributed by atoms with Crippen LogP contribution in [0.5, 0.6) is 0 Å². The molecule has 0 heterocycles. The van der Waals surface area contributed by atoms with E-state index in [0.29, 0.717) is 12.0 Å². The van der Waals surface area contributed by atoms with E-state index in [0.717, 1.165) is 19.3 Å². The molecule has 4 nitrogen and oxygen atoms in total. The van der Waals surface area contributed by atoms with Crippen LogP contribution in [0.2, 0.25) is 0 Å². The molecule has 0 radical (unpaired) electrons. The molecule has 17 heavy (non-hydrogen) atoms. The molecule has 0 spiro atoms. The van der Waals surface area contributed by atoms with Crippen molar-refractivity contribution < 1.29 is 14.7 Å². The van der Waals surface area contributed by atoms with Gasteiger partial charge in [-0.25, -0.2) is 0 Å². The van der Waals surface area contributed by atoms with Crippen LogP contribution in [-0.4, -0.2) is 23.0 Å². The Labute approximate surface area is 102 Å². The minimum absolute atomic E-state index is 0.147. The van der Waals surface area contributed by atoms with Gasteiger partial charge in [-0.3, -0.25) is 9.59 Å². The lowest BCUT2D eigenvalue weighted by Gasteiger charge is -2.27. The van der Waals surface area contributed by atoms with Crippen LogP contribution in [0.4, 0.5) is 0 Å². The molecule has 4 heteroatoms. The van der Waals surface area contributed by atoms with Crippen LogP contribution in [0.15, 0.2) is 11.6 Å². The molecule has 1 saturated carbocycles. The van der Waals surface area contributed by atoms with Crippen molar-refractivity contribution in [3.63, 3.8) is 0 Å². The molecule has 0 aromatic carbocycles. The molecule has 1 rings (SSSR count). The van der Waals surface area contributed by atoms with Gasteiger partial charge in [-0.2, -0.15) is 0 Å². The van der Waals surface area contributed by atoms with Crippen molar-refractivity contribution in [1.82, 2.24) is 5.32 Å². The molecule has 0 bridgehead atoms. The van der Waals surface area contributed by atoms with E-state index in [1.54, 1.807) is 13.8 Å².